The van der Waals surface area contributed by atoms with Crippen LogP contribution in [0.2, 0.25) is 10.3 Å². The molecule has 6 heteroatoms. The SMILES string of the molecule is CCc1c(Cl)nc(C2CSCCS2)nc1Cl. The summed E-state index contributed by atoms with van der Waals surface area (Å²) in [6, 6.07) is 0. The topological polar surface area (TPSA) is 25.8 Å². The second kappa shape index (κ2) is 5.80. The molecular formula is C10H12Cl2N2S2. The minimum Gasteiger partial charge on any atom is -0.220 e. The summed E-state index contributed by atoms with van der Waals surface area (Å²) in [7, 11) is 0. The van der Waals surface area contributed by atoms with Crippen molar-refractivity contribution in [2.45, 2.75) is 18.6 Å². The normalized spacial score (nSPS) is 21.1. The van der Waals surface area contributed by atoms with E-state index >= 15 is 0 Å². The van der Waals surface area contributed by atoms with Crippen LogP contribution in [0, 0.1) is 0 Å². The summed E-state index contributed by atoms with van der Waals surface area (Å²) in [5.41, 5.74) is 0.848. The molecule has 0 radical (unpaired) electrons. The van der Waals surface area contributed by atoms with Crippen molar-refractivity contribution in [3.63, 3.8) is 0 Å². The molecule has 1 aromatic heterocycles. The number of hydrogen-bond acceptors (Lipinski definition) is 4. The van der Waals surface area contributed by atoms with Gasteiger partial charge in [0.15, 0.2) is 0 Å². The molecule has 0 amide bonds. The van der Waals surface area contributed by atoms with Crippen molar-refractivity contribution in [1.29, 1.82) is 0 Å². The highest BCUT2D eigenvalue weighted by Crippen LogP contribution is 2.36. The summed E-state index contributed by atoms with van der Waals surface area (Å²) in [6.45, 7) is 2.00. The molecule has 0 aliphatic carbocycles. The smallest absolute Gasteiger partial charge is 0.145 e. The number of rotatable bonds is 2. The van der Waals surface area contributed by atoms with Gasteiger partial charge < -0.3 is 0 Å². The molecule has 0 spiro atoms. The van der Waals surface area contributed by atoms with E-state index in [-0.39, 0.29) is 0 Å². The molecular weight excluding hydrogens is 283 g/mol. The van der Waals surface area contributed by atoms with Gasteiger partial charge in [0.25, 0.3) is 0 Å². The van der Waals surface area contributed by atoms with E-state index < -0.39 is 0 Å². The first-order valence-corrected chi connectivity index (χ1v) is 8.09. The molecule has 1 saturated heterocycles. The molecule has 0 N–H and O–H groups in total. The molecule has 0 bridgehead atoms. The van der Waals surface area contributed by atoms with Crippen LogP contribution in [0.15, 0.2) is 0 Å². The lowest BCUT2D eigenvalue weighted by Gasteiger charge is -2.20. The third kappa shape index (κ3) is 2.78. The van der Waals surface area contributed by atoms with E-state index in [9.17, 15) is 0 Å². The van der Waals surface area contributed by atoms with Crippen molar-refractivity contribution in [2.24, 2.45) is 0 Å². The van der Waals surface area contributed by atoms with Gasteiger partial charge in [-0.1, -0.05) is 30.1 Å². The van der Waals surface area contributed by atoms with Crippen molar-refractivity contribution in [2.75, 3.05) is 17.3 Å². The van der Waals surface area contributed by atoms with Gasteiger partial charge >= 0.3 is 0 Å². The molecule has 2 nitrogen and oxygen atoms in total. The fourth-order valence-electron chi connectivity index (χ4n) is 1.52. The van der Waals surface area contributed by atoms with Crippen molar-refractivity contribution in [1.82, 2.24) is 9.97 Å². The Morgan fingerprint density at radius 2 is 1.94 bits per heavy atom. The van der Waals surface area contributed by atoms with Crippen LogP contribution in [0.5, 0.6) is 0 Å². The zero-order valence-electron chi connectivity index (χ0n) is 8.87. The van der Waals surface area contributed by atoms with Crippen LogP contribution in [-0.4, -0.2) is 27.2 Å². The number of hydrogen-bond donors (Lipinski definition) is 0. The molecule has 1 aliphatic heterocycles. The molecule has 1 aromatic rings. The molecule has 1 atom stereocenters. The van der Waals surface area contributed by atoms with Crippen LogP contribution in [0.25, 0.3) is 0 Å². The predicted octanol–water partition coefficient (Wildman–Crippen LogP) is 3.87. The molecule has 1 fully saturated rings. The van der Waals surface area contributed by atoms with E-state index in [0.29, 0.717) is 15.6 Å². The monoisotopic (exact) mass is 294 g/mol. The van der Waals surface area contributed by atoms with Crippen molar-refractivity contribution < 1.29 is 0 Å². The largest absolute Gasteiger partial charge is 0.220 e. The number of thioether (sulfide) groups is 2. The predicted molar refractivity (Wildman–Crippen MR) is 74.0 cm³/mol. The number of aromatic nitrogens is 2. The summed E-state index contributed by atoms with van der Waals surface area (Å²) >= 11 is 16.0. The summed E-state index contributed by atoms with van der Waals surface area (Å²) in [5.74, 6) is 4.17. The molecule has 1 aliphatic rings. The van der Waals surface area contributed by atoms with E-state index in [2.05, 4.69) is 9.97 Å². The molecule has 2 heterocycles. The van der Waals surface area contributed by atoms with Crippen LogP contribution >= 0.6 is 46.7 Å². The molecule has 16 heavy (non-hydrogen) atoms. The third-order valence-corrected chi connectivity index (χ3v) is 5.76. The van der Waals surface area contributed by atoms with Gasteiger partial charge in [0, 0.05) is 22.8 Å². The van der Waals surface area contributed by atoms with Gasteiger partial charge in [-0.3, -0.25) is 0 Å². The summed E-state index contributed by atoms with van der Waals surface area (Å²) in [5, 5.41) is 1.35. The van der Waals surface area contributed by atoms with E-state index in [1.54, 1.807) is 0 Å². The van der Waals surface area contributed by atoms with Crippen LogP contribution in [-0.2, 0) is 6.42 Å². The Hall–Kier alpha value is 0.360. The zero-order chi connectivity index (χ0) is 11.5. The number of halogens is 2. The van der Waals surface area contributed by atoms with E-state index in [1.807, 2.05) is 30.4 Å². The quantitative estimate of drug-likeness (QED) is 0.774. The van der Waals surface area contributed by atoms with E-state index in [0.717, 1.165) is 29.3 Å². The van der Waals surface area contributed by atoms with Crippen LogP contribution in [0.3, 0.4) is 0 Å². The average Bonchev–Trinajstić information content (AvgIpc) is 2.30. The van der Waals surface area contributed by atoms with Gasteiger partial charge in [0.1, 0.15) is 16.1 Å². The Balaban J connectivity index is 2.28. The Labute approximate surface area is 114 Å². The summed E-state index contributed by atoms with van der Waals surface area (Å²) in [4.78, 5) is 8.73. The lowest BCUT2D eigenvalue weighted by Crippen LogP contribution is -2.11. The van der Waals surface area contributed by atoms with Crippen molar-refractivity contribution in [3.8, 4) is 0 Å². The lowest BCUT2D eigenvalue weighted by atomic mass is 10.2. The van der Waals surface area contributed by atoms with Gasteiger partial charge in [-0.2, -0.15) is 11.8 Å². The maximum Gasteiger partial charge on any atom is 0.145 e. The minimum absolute atomic E-state index is 0.333. The minimum atomic E-state index is 0.333. The lowest BCUT2D eigenvalue weighted by molar-refractivity contribution is 0.902. The first-order chi connectivity index (χ1) is 7.72. The Kier molecular flexibility index (Phi) is 4.65. The third-order valence-electron chi connectivity index (χ3n) is 2.38. The first-order valence-electron chi connectivity index (χ1n) is 5.13. The Bertz CT molecular complexity index is 358. The second-order valence-corrected chi connectivity index (χ2v) is 6.61. The molecule has 88 valence electrons. The van der Waals surface area contributed by atoms with Gasteiger partial charge in [-0.05, 0) is 6.42 Å². The van der Waals surface area contributed by atoms with Gasteiger partial charge in [0.2, 0.25) is 0 Å². The highest BCUT2D eigenvalue weighted by molar-refractivity contribution is 8.06. The highest BCUT2D eigenvalue weighted by atomic mass is 35.5. The van der Waals surface area contributed by atoms with Gasteiger partial charge in [0.05, 0.1) is 5.25 Å². The standard InChI is InChI=1S/C10H12Cl2N2S2/c1-2-6-8(11)13-10(14-9(6)12)7-5-15-3-4-16-7/h7H,2-5H2,1H3. The van der Waals surface area contributed by atoms with E-state index in [4.69, 9.17) is 23.2 Å². The summed E-state index contributed by atoms with van der Waals surface area (Å²) in [6.07, 6.45) is 0.768. The molecule has 1 unspecified atom stereocenters. The van der Waals surface area contributed by atoms with E-state index in [1.165, 1.54) is 5.75 Å². The Morgan fingerprint density at radius 1 is 1.25 bits per heavy atom. The fourth-order valence-corrected chi connectivity index (χ4v) is 4.79. The van der Waals surface area contributed by atoms with Crippen LogP contribution in [0.1, 0.15) is 23.6 Å². The molecule has 2 rings (SSSR count). The van der Waals surface area contributed by atoms with Crippen LogP contribution < -0.4 is 0 Å². The maximum absolute atomic E-state index is 6.10. The highest BCUT2D eigenvalue weighted by Gasteiger charge is 2.21. The summed E-state index contributed by atoms with van der Waals surface area (Å²) < 4.78 is 0. The second-order valence-electron chi connectivity index (χ2n) is 3.43. The molecule has 0 aromatic carbocycles. The van der Waals surface area contributed by atoms with Crippen LogP contribution in [0.4, 0.5) is 0 Å². The zero-order valence-corrected chi connectivity index (χ0v) is 12.0. The average molecular weight is 295 g/mol. The first kappa shape index (κ1) is 12.8. The number of nitrogens with zero attached hydrogens (tertiary/aromatic N) is 2. The molecule has 0 saturated carbocycles. The Morgan fingerprint density at radius 3 is 2.44 bits per heavy atom. The van der Waals surface area contributed by atoms with Crippen molar-refractivity contribution >= 4 is 46.7 Å². The van der Waals surface area contributed by atoms with Crippen molar-refractivity contribution in [3.05, 3.63) is 21.7 Å². The van der Waals surface area contributed by atoms with Gasteiger partial charge in [-0.15, -0.1) is 11.8 Å². The maximum atomic E-state index is 6.10. The van der Waals surface area contributed by atoms with Gasteiger partial charge in [-0.25, -0.2) is 9.97 Å². The fraction of sp³-hybridized carbons (Fsp3) is 0.600.